The first-order valence-electron chi connectivity index (χ1n) is 5.11. The van der Waals surface area contributed by atoms with E-state index >= 15 is 0 Å². The summed E-state index contributed by atoms with van der Waals surface area (Å²) in [6.45, 7) is 4.96. The first-order valence-corrected chi connectivity index (χ1v) is 5.11. The van der Waals surface area contributed by atoms with E-state index in [0.717, 1.165) is 34.4 Å². The van der Waals surface area contributed by atoms with Gasteiger partial charge in [-0.1, -0.05) is 0 Å². The van der Waals surface area contributed by atoms with Crippen LogP contribution in [0.15, 0.2) is 24.4 Å². The molecule has 1 heterocycles. The van der Waals surface area contributed by atoms with Crippen LogP contribution in [0.1, 0.15) is 12.5 Å². The van der Waals surface area contributed by atoms with Crippen molar-refractivity contribution in [3.8, 4) is 0 Å². The van der Waals surface area contributed by atoms with Crippen molar-refractivity contribution in [2.24, 2.45) is 0 Å². The minimum absolute atomic E-state index is 0.812. The molecule has 0 amide bonds. The van der Waals surface area contributed by atoms with E-state index in [1.54, 1.807) is 6.20 Å². The Balaban J connectivity index is 2.73. The average molecular weight is 201 g/mol. The molecule has 0 spiro atoms. The standard InChI is InChI=1S/C12H15N3/c1-3-14-12-10-6-8(2)7-11(13)9(10)4-5-15-12/h4-7H,3,13H2,1-2H3,(H,14,15). The number of nitrogens with two attached hydrogens (primary N) is 1. The molecule has 0 unspecified atom stereocenters. The van der Waals surface area contributed by atoms with Crippen LogP contribution >= 0.6 is 0 Å². The summed E-state index contributed by atoms with van der Waals surface area (Å²) in [6.07, 6.45) is 1.78. The van der Waals surface area contributed by atoms with Gasteiger partial charge < -0.3 is 11.1 Å². The minimum Gasteiger partial charge on any atom is -0.398 e. The lowest BCUT2D eigenvalue weighted by molar-refractivity contribution is 1.17. The highest BCUT2D eigenvalue weighted by Gasteiger charge is 2.04. The molecule has 78 valence electrons. The molecular weight excluding hydrogens is 186 g/mol. The maximum absolute atomic E-state index is 5.97. The van der Waals surface area contributed by atoms with Crippen LogP contribution in [0.3, 0.4) is 0 Å². The second-order valence-corrected chi connectivity index (χ2v) is 3.64. The van der Waals surface area contributed by atoms with Crippen molar-refractivity contribution in [2.75, 3.05) is 17.6 Å². The Kier molecular flexibility index (Phi) is 2.46. The summed E-state index contributed by atoms with van der Waals surface area (Å²) >= 11 is 0. The zero-order valence-electron chi connectivity index (χ0n) is 9.04. The summed E-state index contributed by atoms with van der Waals surface area (Å²) < 4.78 is 0. The van der Waals surface area contributed by atoms with E-state index in [9.17, 15) is 0 Å². The third kappa shape index (κ3) is 1.73. The number of pyridine rings is 1. The van der Waals surface area contributed by atoms with Gasteiger partial charge in [0.05, 0.1) is 0 Å². The number of rotatable bonds is 2. The Bertz CT molecular complexity index is 491. The van der Waals surface area contributed by atoms with Crippen LogP contribution in [-0.2, 0) is 0 Å². The van der Waals surface area contributed by atoms with Crippen molar-refractivity contribution in [1.82, 2.24) is 4.98 Å². The number of aryl methyl sites for hydroxylation is 1. The van der Waals surface area contributed by atoms with Gasteiger partial charge in [0.15, 0.2) is 0 Å². The maximum Gasteiger partial charge on any atom is 0.133 e. The van der Waals surface area contributed by atoms with Gasteiger partial charge in [0.1, 0.15) is 5.82 Å². The molecule has 0 aliphatic heterocycles. The molecule has 0 aliphatic carbocycles. The molecule has 0 atom stereocenters. The molecule has 3 heteroatoms. The normalized spacial score (nSPS) is 10.5. The molecule has 0 radical (unpaired) electrons. The predicted octanol–water partition coefficient (Wildman–Crippen LogP) is 2.56. The van der Waals surface area contributed by atoms with Crippen molar-refractivity contribution in [3.63, 3.8) is 0 Å². The van der Waals surface area contributed by atoms with E-state index in [2.05, 4.69) is 23.3 Å². The van der Waals surface area contributed by atoms with Crippen LogP contribution in [0.4, 0.5) is 11.5 Å². The zero-order chi connectivity index (χ0) is 10.8. The molecule has 2 aromatic rings. The Morgan fingerprint density at radius 3 is 2.87 bits per heavy atom. The Morgan fingerprint density at radius 2 is 2.13 bits per heavy atom. The summed E-state index contributed by atoms with van der Waals surface area (Å²) in [5.74, 6) is 0.908. The fourth-order valence-electron chi connectivity index (χ4n) is 1.77. The Labute approximate surface area is 89.3 Å². The molecule has 0 saturated heterocycles. The lowest BCUT2D eigenvalue weighted by atomic mass is 10.1. The highest BCUT2D eigenvalue weighted by Crippen LogP contribution is 2.27. The van der Waals surface area contributed by atoms with E-state index in [-0.39, 0.29) is 0 Å². The smallest absolute Gasteiger partial charge is 0.133 e. The summed E-state index contributed by atoms with van der Waals surface area (Å²) in [5.41, 5.74) is 7.94. The van der Waals surface area contributed by atoms with E-state index in [1.165, 1.54) is 0 Å². The van der Waals surface area contributed by atoms with Crippen LogP contribution in [0.25, 0.3) is 10.8 Å². The van der Waals surface area contributed by atoms with Crippen molar-refractivity contribution in [2.45, 2.75) is 13.8 Å². The molecule has 0 bridgehead atoms. The number of hydrogen-bond donors (Lipinski definition) is 2. The largest absolute Gasteiger partial charge is 0.398 e. The minimum atomic E-state index is 0.812. The molecule has 0 aliphatic rings. The van der Waals surface area contributed by atoms with Gasteiger partial charge in [0.2, 0.25) is 0 Å². The number of fused-ring (bicyclic) bond motifs is 1. The van der Waals surface area contributed by atoms with Crippen LogP contribution in [0.2, 0.25) is 0 Å². The predicted molar refractivity (Wildman–Crippen MR) is 65.1 cm³/mol. The van der Waals surface area contributed by atoms with Gasteiger partial charge in [-0.25, -0.2) is 4.98 Å². The van der Waals surface area contributed by atoms with Crippen LogP contribution in [0.5, 0.6) is 0 Å². The van der Waals surface area contributed by atoms with Gasteiger partial charge in [-0.15, -0.1) is 0 Å². The zero-order valence-corrected chi connectivity index (χ0v) is 9.04. The molecule has 0 fully saturated rings. The van der Waals surface area contributed by atoms with E-state index < -0.39 is 0 Å². The van der Waals surface area contributed by atoms with Gasteiger partial charge in [-0.05, 0) is 37.6 Å². The fraction of sp³-hybridized carbons (Fsp3) is 0.250. The first kappa shape index (κ1) is 9.77. The molecule has 3 nitrogen and oxygen atoms in total. The topological polar surface area (TPSA) is 50.9 Å². The summed E-state index contributed by atoms with van der Waals surface area (Å²) in [5, 5.41) is 5.39. The first-order chi connectivity index (χ1) is 7.22. The number of aromatic nitrogens is 1. The Hall–Kier alpha value is -1.77. The van der Waals surface area contributed by atoms with E-state index in [4.69, 9.17) is 5.73 Å². The van der Waals surface area contributed by atoms with Gasteiger partial charge in [-0.3, -0.25) is 0 Å². The van der Waals surface area contributed by atoms with Gasteiger partial charge >= 0.3 is 0 Å². The molecule has 1 aromatic carbocycles. The number of nitrogen functional groups attached to an aromatic ring is 1. The molecule has 3 N–H and O–H groups in total. The highest BCUT2D eigenvalue weighted by atomic mass is 15.0. The number of anilines is 2. The number of benzene rings is 1. The van der Waals surface area contributed by atoms with Crippen molar-refractivity contribution in [3.05, 3.63) is 30.0 Å². The fourth-order valence-corrected chi connectivity index (χ4v) is 1.77. The van der Waals surface area contributed by atoms with Crippen molar-refractivity contribution >= 4 is 22.3 Å². The molecule has 15 heavy (non-hydrogen) atoms. The van der Waals surface area contributed by atoms with Crippen LogP contribution < -0.4 is 11.1 Å². The summed E-state index contributed by atoms with van der Waals surface area (Å²) in [7, 11) is 0. The van der Waals surface area contributed by atoms with Gasteiger partial charge in [-0.2, -0.15) is 0 Å². The van der Waals surface area contributed by atoms with Gasteiger partial charge in [0, 0.05) is 29.2 Å². The third-order valence-electron chi connectivity index (χ3n) is 2.40. The number of nitrogens with one attached hydrogen (secondary N) is 1. The van der Waals surface area contributed by atoms with Crippen LogP contribution in [-0.4, -0.2) is 11.5 Å². The average Bonchev–Trinajstić information content (AvgIpc) is 2.19. The lowest BCUT2D eigenvalue weighted by Gasteiger charge is -2.09. The van der Waals surface area contributed by atoms with E-state index in [0.29, 0.717) is 0 Å². The molecular formula is C12H15N3. The quantitative estimate of drug-likeness (QED) is 0.734. The monoisotopic (exact) mass is 201 g/mol. The maximum atomic E-state index is 5.97. The summed E-state index contributed by atoms with van der Waals surface area (Å²) in [4.78, 5) is 4.31. The summed E-state index contributed by atoms with van der Waals surface area (Å²) in [6, 6.07) is 6.04. The molecule has 1 aromatic heterocycles. The number of nitrogens with zero attached hydrogens (tertiary/aromatic N) is 1. The number of hydrogen-bond acceptors (Lipinski definition) is 3. The van der Waals surface area contributed by atoms with Gasteiger partial charge in [0.25, 0.3) is 0 Å². The SMILES string of the molecule is CCNc1nccc2c(N)cc(C)cc12. The van der Waals surface area contributed by atoms with Crippen molar-refractivity contribution < 1.29 is 0 Å². The van der Waals surface area contributed by atoms with E-state index in [1.807, 2.05) is 19.1 Å². The molecule has 2 rings (SSSR count). The Morgan fingerprint density at radius 1 is 1.33 bits per heavy atom. The van der Waals surface area contributed by atoms with Crippen LogP contribution in [0, 0.1) is 6.92 Å². The second kappa shape index (κ2) is 3.77. The second-order valence-electron chi connectivity index (χ2n) is 3.64. The highest BCUT2D eigenvalue weighted by molar-refractivity contribution is 5.99. The lowest BCUT2D eigenvalue weighted by Crippen LogP contribution is -2.00. The third-order valence-corrected chi connectivity index (χ3v) is 2.40. The van der Waals surface area contributed by atoms with Crippen molar-refractivity contribution in [1.29, 1.82) is 0 Å². The molecule has 0 saturated carbocycles.